The molecule has 0 N–H and O–H groups in total. The molecule has 1 aromatic rings. The highest BCUT2D eigenvalue weighted by atomic mass is 35.5. The van der Waals surface area contributed by atoms with E-state index in [0.29, 0.717) is 0 Å². The number of imidazole rings is 1. The van der Waals surface area contributed by atoms with Gasteiger partial charge in [-0.05, 0) is 6.04 Å². The Morgan fingerprint density at radius 3 is 2.24 bits per heavy atom. The van der Waals surface area contributed by atoms with E-state index < -0.39 is 5.97 Å². The molecule has 17 heavy (non-hydrogen) atoms. The highest BCUT2D eigenvalue weighted by Crippen LogP contribution is 2.18. The molecule has 0 spiro atoms. The molecule has 1 aromatic heterocycles. The summed E-state index contributed by atoms with van der Waals surface area (Å²) in [6.45, 7) is 0. The Balaban J connectivity index is 0.00000256. The summed E-state index contributed by atoms with van der Waals surface area (Å²) >= 11 is 0. The highest BCUT2D eigenvalue weighted by Gasteiger charge is 2.29. The fraction of sp³-hybridized carbons (Fsp3) is 0.700. The predicted molar refractivity (Wildman–Crippen MR) is 62.7 cm³/mol. The predicted octanol–water partition coefficient (Wildman–Crippen LogP) is -3.35. The molecule has 0 fully saturated rings. The first-order valence-electron chi connectivity index (χ1n) is 5.32. The number of methoxy groups -OCH3 is 3. The molecule has 1 rings (SSSR count). The van der Waals surface area contributed by atoms with Gasteiger partial charge in [-0.2, -0.15) is 0 Å². The monoisotopic (exact) mass is 280 g/mol. The van der Waals surface area contributed by atoms with E-state index in [1.165, 1.54) is 0 Å². The van der Waals surface area contributed by atoms with Crippen LogP contribution in [0.1, 0.15) is 6.42 Å². The molecular weight excluding hydrogens is 260 g/mol. The van der Waals surface area contributed by atoms with Crippen LogP contribution in [0.3, 0.4) is 0 Å². The number of nitrogens with zero attached hydrogens (tertiary/aromatic N) is 2. The third-order valence-electron chi connectivity index (χ3n) is 2.66. The quantitative estimate of drug-likeness (QED) is 0.387. The van der Waals surface area contributed by atoms with E-state index in [-0.39, 0.29) is 22.1 Å². The third-order valence-corrected chi connectivity index (χ3v) is 4.22. The van der Waals surface area contributed by atoms with Gasteiger partial charge in [0.1, 0.15) is 12.4 Å². The first-order chi connectivity index (χ1) is 7.65. The number of hydrogen-bond donors (Lipinski definition) is 0. The van der Waals surface area contributed by atoms with E-state index in [0.717, 1.165) is 12.5 Å². The Labute approximate surface area is 111 Å². The van der Waals surface area contributed by atoms with Crippen molar-refractivity contribution in [3.05, 3.63) is 18.7 Å². The number of aryl methyl sites for hydroxylation is 1. The summed E-state index contributed by atoms with van der Waals surface area (Å²) in [5.74, 6) is -0.873. The second-order valence-electron chi connectivity index (χ2n) is 3.72. The molecule has 0 aromatic carbocycles. The van der Waals surface area contributed by atoms with Crippen molar-refractivity contribution in [1.29, 1.82) is 0 Å². The van der Waals surface area contributed by atoms with Crippen LogP contribution in [-0.2, 0) is 21.3 Å². The summed E-state index contributed by atoms with van der Waals surface area (Å²) in [6.07, 6.45) is 6.99. The lowest BCUT2D eigenvalue weighted by Gasteiger charge is -2.28. The van der Waals surface area contributed by atoms with Crippen LogP contribution in [0.15, 0.2) is 18.7 Å². The smallest absolute Gasteiger partial charge is 0.281 e. The lowest BCUT2D eigenvalue weighted by atomic mass is 10.4. The van der Waals surface area contributed by atoms with Gasteiger partial charge in [0, 0.05) is 27.8 Å². The first kappa shape index (κ1) is 16.6. The number of rotatable bonds is 7. The second kappa shape index (κ2) is 7.83. The number of aromatic nitrogens is 2. The zero-order valence-electron chi connectivity index (χ0n) is 10.9. The van der Waals surface area contributed by atoms with E-state index in [1.807, 2.05) is 17.8 Å². The van der Waals surface area contributed by atoms with Gasteiger partial charge in [-0.1, -0.05) is 0 Å². The van der Waals surface area contributed by atoms with Gasteiger partial charge in [-0.3, -0.25) is 4.23 Å². The zero-order valence-corrected chi connectivity index (χ0v) is 13.0. The topological polar surface area (TPSA) is 36.5 Å². The minimum Gasteiger partial charge on any atom is -1.00 e. The largest absolute Gasteiger partial charge is 1.00 e. The molecule has 0 radical (unpaired) electrons. The average Bonchev–Trinajstić information content (AvgIpc) is 2.71. The second-order valence-corrected chi connectivity index (χ2v) is 5.60. The van der Waals surface area contributed by atoms with E-state index in [9.17, 15) is 0 Å². The van der Waals surface area contributed by atoms with Crippen molar-refractivity contribution >= 4 is 9.68 Å². The van der Waals surface area contributed by atoms with Gasteiger partial charge < -0.3 is 26.6 Å². The summed E-state index contributed by atoms with van der Waals surface area (Å²) in [6, 6.07) is 1.06. The maximum atomic E-state index is 5.24. The van der Waals surface area contributed by atoms with Crippen LogP contribution in [0.2, 0.25) is 6.04 Å². The molecule has 1 heterocycles. The van der Waals surface area contributed by atoms with Crippen LogP contribution in [0.25, 0.3) is 0 Å². The van der Waals surface area contributed by atoms with Crippen LogP contribution in [0.4, 0.5) is 0 Å². The van der Waals surface area contributed by atoms with E-state index in [2.05, 4.69) is 16.8 Å². The van der Waals surface area contributed by atoms with Crippen molar-refractivity contribution < 1.29 is 30.9 Å². The Morgan fingerprint density at radius 2 is 1.82 bits per heavy atom. The summed E-state index contributed by atoms with van der Waals surface area (Å²) in [7, 11) is 6.48. The summed E-state index contributed by atoms with van der Waals surface area (Å²) in [4.78, 5) is 0. The van der Waals surface area contributed by atoms with Crippen LogP contribution in [-0.4, -0.2) is 41.6 Å². The van der Waals surface area contributed by atoms with Crippen LogP contribution in [0, 0.1) is 0 Å². The summed E-state index contributed by atoms with van der Waals surface area (Å²) < 4.78 is 20.0. The van der Waals surface area contributed by atoms with E-state index >= 15 is 0 Å². The molecule has 0 unspecified atom stereocenters. The molecule has 0 saturated heterocycles. The van der Waals surface area contributed by atoms with Crippen molar-refractivity contribution in [2.24, 2.45) is 7.05 Å². The van der Waals surface area contributed by atoms with E-state index in [1.54, 1.807) is 21.3 Å². The number of halogens is 1. The molecule has 0 bridgehead atoms. The van der Waals surface area contributed by atoms with Gasteiger partial charge in [0.25, 0.3) is 5.97 Å². The van der Waals surface area contributed by atoms with E-state index in [4.69, 9.17) is 14.2 Å². The minimum atomic E-state index is -0.873. The molecule has 0 aliphatic rings. The average molecular weight is 281 g/mol. The van der Waals surface area contributed by atoms with Crippen LogP contribution < -0.4 is 16.6 Å². The standard InChI is InChI=1S/C10H21N2O3Si.ClH/c1-11-6-7-12(9-11)16-8-5-10(13-2,14-3)15-4;/h6-7,9H,5,8,16H2,1-4H3;1H/q+1;/p-1. The summed E-state index contributed by atoms with van der Waals surface area (Å²) in [5.41, 5.74) is 0. The third kappa shape index (κ3) is 4.77. The van der Waals surface area contributed by atoms with Crippen molar-refractivity contribution in [2.45, 2.75) is 18.4 Å². The van der Waals surface area contributed by atoms with Gasteiger partial charge in [0.05, 0.1) is 7.05 Å². The number of hydrogen-bond acceptors (Lipinski definition) is 3. The fourth-order valence-electron chi connectivity index (χ4n) is 1.67. The zero-order chi connectivity index (χ0) is 12.0. The van der Waals surface area contributed by atoms with Gasteiger partial charge in [-0.15, -0.1) is 0 Å². The Morgan fingerprint density at radius 1 is 1.24 bits per heavy atom. The Bertz CT molecular complexity index is 310. The van der Waals surface area contributed by atoms with Crippen LogP contribution >= 0.6 is 0 Å². The SMILES string of the molecule is COC(CC[SiH2][n+]1ccn(C)c1)(OC)OC.[Cl-]. The normalized spacial score (nSPS) is 12.0. The molecule has 100 valence electrons. The lowest BCUT2D eigenvalue weighted by Crippen LogP contribution is -3.00. The van der Waals surface area contributed by atoms with Crippen molar-refractivity contribution in [1.82, 2.24) is 4.57 Å². The molecule has 5 nitrogen and oxygen atoms in total. The van der Waals surface area contributed by atoms with Crippen molar-refractivity contribution in [2.75, 3.05) is 21.3 Å². The van der Waals surface area contributed by atoms with Gasteiger partial charge in [-0.25, -0.2) is 4.57 Å². The van der Waals surface area contributed by atoms with Crippen molar-refractivity contribution in [3.8, 4) is 0 Å². The van der Waals surface area contributed by atoms with Crippen molar-refractivity contribution in [3.63, 3.8) is 0 Å². The van der Waals surface area contributed by atoms with Gasteiger partial charge >= 0.3 is 0 Å². The maximum absolute atomic E-state index is 5.24. The van der Waals surface area contributed by atoms with Gasteiger partial charge in [0.15, 0.2) is 0 Å². The van der Waals surface area contributed by atoms with Gasteiger partial charge in [0.2, 0.25) is 16.0 Å². The first-order valence-corrected chi connectivity index (χ1v) is 6.95. The Kier molecular flexibility index (Phi) is 7.65. The molecule has 0 saturated carbocycles. The maximum Gasteiger partial charge on any atom is 0.281 e. The molecule has 0 aliphatic carbocycles. The summed E-state index contributed by atoms with van der Waals surface area (Å²) in [5, 5.41) is 0. The number of ether oxygens (including phenoxy) is 3. The van der Waals surface area contributed by atoms with Crippen LogP contribution in [0.5, 0.6) is 0 Å². The molecular formula is C10H21ClN2O3Si. The highest BCUT2D eigenvalue weighted by molar-refractivity contribution is 6.24. The molecule has 0 amide bonds. The molecule has 7 heteroatoms. The Hall–Kier alpha value is -0.403. The molecule has 0 atom stereocenters. The fourth-order valence-corrected chi connectivity index (χ4v) is 3.24. The minimum absolute atomic E-state index is 0. The lowest BCUT2D eigenvalue weighted by molar-refractivity contribution is -0.529. The molecule has 0 aliphatic heterocycles.